The number of ether oxygens (including phenoxy) is 1. The summed E-state index contributed by atoms with van der Waals surface area (Å²) in [5.41, 5.74) is 13.4. The standard InChI is InChI=1S/C24H23N5O3/c1-24(31)12-15(13-24)23-28-19(20-21(25)27-9-10-29(20)23)14-7-8-18(17(11-14)22(26)30)32-16-5-3-2-4-6-16/h2-11,15,31H,12-13H2,1H3,(H2,25,27)(H2,26,30). The van der Waals surface area contributed by atoms with E-state index in [1.54, 1.807) is 30.5 Å². The molecule has 5 rings (SSSR count). The van der Waals surface area contributed by atoms with Crippen LogP contribution in [-0.4, -0.2) is 31.0 Å². The first kappa shape index (κ1) is 20.0. The third-order valence-electron chi connectivity index (χ3n) is 5.84. The third-order valence-corrected chi connectivity index (χ3v) is 5.84. The van der Waals surface area contributed by atoms with Gasteiger partial charge in [0.2, 0.25) is 0 Å². The zero-order valence-corrected chi connectivity index (χ0v) is 17.5. The van der Waals surface area contributed by atoms with Crippen molar-refractivity contribution in [3.05, 3.63) is 72.3 Å². The smallest absolute Gasteiger partial charge is 0.252 e. The number of rotatable bonds is 5. The van der Waals surface area contributed by atoms with E-state index in [9.17, 15) is 9.90 Å². The van der Waals surface area contributed by atoms with E-state index >= 15 is 0 Å². The van der Waals surface area contributed by atoms with Crippen LogP contribution >= 0.6 is 0 Å². The van der Waals surface area contributed by atoms with Crippen molar-refractivity contribution in [1.29, 1.82) is 0 Å². The van der Waals surface area contributed by atoms with Gasteiger partial charge < -0.3 is 21.3 Å². The molecule has 0 radical (unpaired) electrons. The summed E-state index contributed by atoms with van der Waals surface area (Å²) in [5.74, 6) is 1.59. The van der Waals surface area contributed by atoms with Crippen LogP contribution in [0.2, 0.25) is 0 Å². The molecular formula is C24H23N5O3. The molecule has 2 aromatic heterocycles. The summed E-state index contributed by atoms with van der Waals surface area (Å²) >= 11 is 0. The van der Waals surface area contributed by atoms with Gasteiger partial charge in [0, 0.05) is 23.9 Å². The van der Waals surface area contributed by atoms with Gasteiger partial charge in [-0.15, -0.1) is 0 Å². The van der Waals surface area contributed by atoms with E-state index in [0.29, 0.717) is 46.9 Å². The molecule has 1 amide bonds. The molecule has 0 atom stereocenters. The predicted molar refractivity (Wildman–Crippen MR) is 120 cm³/mol. The van der Waals surface area contributed by atoms with Gasteiger partial charge >= 0.3 is 0 Å². The molecule has 0 unspecified atom stereocenters. The number of aliphatic hydroxyl groups is 1. The average molecular weight is 429 g/mol. The van der Waals surface area contributed by atoms with Gasteiger partial charge in [0.25, 0.3) is 5.91 Å². The maximum atomic E-state index is 12.2. The lowest BCUT2D eigenvalue weighted by molar-refractivity contribution is -0.0335. The number of para-hydroxylation sites is 1. The Morgan fingerprint density at radius 3 is 2.66 bits per heavy atom. The fraction of sp³-hybridized carbons (Fsp3) is 0.208. The second-order valence-corrected chi connectivity index (χ2v) is 8.44. The minimum absolute atomic E-state index is 0.101. The van der Waals surface area contributed by atoms with Gasteiger partial charge in [0.15, 0.2) is 0 Å². The van der Waals surface area contributed by atoms with Crippen molar-refractivity contribution in [1.82, 2.24) is 14.4 Å². The van der Waals surface area contributed by atoms with Gasteiger partial charge in [0.05, 0.1) is 11.2 Å². The summed E-state index contributed by atoms with van der Waals surface area (Å²) in [6, 6.07) is 14.4. The minimum atomic E-state index is -0.690. The number of carbonyl (C=O) groups excluding carboxylic acids is 1. The molecule has 8 nitrogen and oxygen atoms in total. The van der Waals surface area contributed by atoms with Crippen LogP contribution in [-0.2, 0) is 0 Å². The monoisotopic (exact) mass is 429 g/mol. The third kappa shape index (κ3) is 3.44. The Balaban J connectivity index is 1.61. The highest BCUT2D eigenvalue weighted by molar-refractivity contribution is 5.98. The molecule has 4 aromatic rings. The molecule has 1 fully saturated rings. The summed E-state index contributed by atoms with van der Waals surface area (Å²) < 4.78 is 7.79. The van der Waals surface area contributed by atoms with E-state index in [2.05, 4.69) is 4.98 Å². The zero-order chi connectivity index (χ0) is 22.5. The number of hydrogen-bond donors (Lipinski definition) is 3. The van der Waals surface area contributed by atoms with Gasteiger partial charge in [-0.25, -0.2) is 9.97 Å². The number of nitrogens with two attached hydrogens (primary N) is 2. The lowest BCUT2D eigenvalue weighted by Crippen LogP contribution is -2.40. The summed E-state index contributed by atoms with van der Waals surface area (Å²) in [4.78, 5) is 21.3. The molecule has 32 heavy (non-hydrogen) atoms. The number of aromatic nitrogens is 3. The Morgan fingerprint density at radius 2 is 1.97 bits per heavy atom. The van der Waals surface area contributed by atoms with Crippen molar-refractivity contribution in [3.8, 4) is 22.8 Å². The Bertz CT molecular complexity index is 1320. The molecule has 1 aliphatic carbocycles. The topological polar surface area (TPSA) is 129 Å². The predicted octanol–water partition coefficient (Wildman–Crippen LogP) is 3.50. The number of amides is 1. The van der Waals surface area contributed by atoms with Crippen LogP contribution in [0.15, 0.2) is 60.9 Å². The molecule has 0 bridgehead atoms. The van der Waals surface area contributed by atoms with Gasteiger partial charge in [0.1, 0.15) is 34.4 Å². The Kier molecular flexibility index (Phi) is 4.60. The number of primary amides is 1. The lowest BCUT2D eigenvalue weighted by atomic mass is 9.72. The molecule has 0 saturated heterocycles. The van der Waals surface area contributed by atoms with Gasteiger partial charge in [-0.3, -0.25) is 9.20 Å². The average Bonchev–Trinajstić information content (AvgIpc) is 3.13. The van der Waals surface area contributed by atoms with Crippen LogP contribution in [0.25, 0.3) is 16.8 Å². The second kappa shape index (κ2) is 7.35. The van der Waals surface area contributed by atoms with Crippen LogP contribution in [0.3, 0.4) is 0 Å². The summed E-state index contributed by atoms with van der Waals surface area (Å²) in [7, 11) is 0. The molecule has 162 valence electrons. The largest absolute Gasteiger partial charge is 0.457 e. The Labute approximate surface area is 184 Å². The SMILES string of the molecule is CC1(O)CC(c2nc(-c3ccc(Oc4ccccc4)c(C(N)=O)c3)c3c(N)nccn23)C1. The first-order valence-electron chi connectivity index (χ1n) is 10.3. The highest BCUT2D eigenvalue weighted by Gasteiger charge is 2.41. The van der Waals surface area contributed by atoms with Crippen molar-refractivity contribution in [2.24, 2.45) is 5.73 Å². The number of hydrogen-bond acceptors (Lipinski definition) is 6. The quantitative estimate of drug-likeness (QED) is 0.445. The van der Waals surface area contributed by atoms with Crippen molar-refractivity contribution in [2.75, 3.05) is 5.73 Å². The van der Waals surface area contributed by atoms with E-state index in [1.165, 1.54) is 0 Å². The van der Waals surface area contributed by atoms with Crippen molar-refractivity contribution >= 4 is 17.2 Å². The van der Waals surface area contributed by atoms with Crippen LogP contribution in [0.1, 0.15) is 41.9 Å². The molecular weight excluding hydrogens is 406 g/mol. The first-order valence-corrected chi connectivity index (χ1v) is 10.3. The molecule has 1 saturated carbocycles. The second-order valence-electron chi connectivity index (χ2n) is 8.44. The van der Waals surface area contributed by atoms with E-state index in [1.807, 2.05) is 41.8 Å². The zero-order valence-electron chi connectivity index (χ0n) is 17.5. The fourth-order valence-corrected chi connectivity index (χ4v) is 4.34. The summed E-state index contributed by atoms with van der Waals surface area (Å²) in [5, 5.41) is 10.2. The van der Waals surface area contributed by atoms with Crippen molar-refractivity contribution in [3.63, 3.8) is 0 Å². The summed E-state index contributed by atoms with van der Waals surface area (Å²) in [6.07, 6.45) is 4.67. The number of fused-ring (bicyclic) bond motifs is 1. The van der Waals surface area contributed by atoms with Crippen LogP contribution in [0.4, 0.5) is 5.82 Å². The van der Waals surface area contributed by atoms with Crippen molar-refractivity contribution in [2.45, 2.75) is 31.3 Å². The minimum Gasteiger partial charge on any atom is -0.457 e. The van der Waals surface area contributed by atoms with Gasteiger partial charge in [-0.05, 0) is 50.1 Å². The molecule has 2 aromatic carbocycles. The van der Waals surface area contributed by atoms with Gasteiger partial charge in [-0.1, -0.05) is 18.2 Å². The number of imidazole rings is 1. The number of nitrogen functional groups attached to an aromatic ring is 1. The normalized spacial score (nSPS) is 20.1. The maximum absolute atomic E-state index is 12.2. The first-order chi connectivity index (χ1) is 15.3. The summed E-state index contributed by atoms with van der Waals surface area (Å²) in [6.45, 7) is 1.82. The molecule has 8 heteroatoms. The van der Waals surface area contributed by atoms with Crippen LogP contribution in [0, 0.1) is 0 Å². The highest BCUT2D eigenvalue weighted by Crippen LogP contribution is 2.45. The number of nitrogens with zero attached hydrogens (tertiary/aromatic N) is 3. The van der Waals surface area contributed by atoms with E-state index < -0.39 is 11.5 Å². The molecule has 0 aliphatic heterocycles. The Morgan fingerprint density at radius 1 is 1.22 bits per heavy atom. The van der Waals surface area contributed by atoms with Crippen LogP contribution < -0.4 is 16.2 Å². The fourth-order valence-electron chi connectivity index (χ4n) is 4.34. The van der Waals surface area contributed by atoms with E-state index in [4.69, 9.17) is 21.2 Å². The van der Waals surface area contributed by atoms with E-state index in [-0.39, 0.29) is 11.5 Å². The molecule has 1 aliphatic rings. The number of benzene rings is 2. The number of anilines is 1. The van der Waals surface area contributed by atoms with Crippen LogP contribution in [0.5, 0.6) is 11.5 Å². The Hall–Kier alpha value is -3.91. The maximum Gasteiger partial charge on any atom is 0.252 e. The van der Waals surface area contributed by atoms with Gasteiger partial charge in [-0.2, -0.15) is 0 Å². The molecule has 5 N–H and O–H groups in total. The number of carbonyl (C=O) groups is 1. The van der Waals surface area contributed by atoms with E-state index in [0.717, 1.165) is 5.82 Å². The lowest BCUT2D eigenvalue weighted by Gasteiger charge is -2.40. The van der Waals surface area contributed by atoms with Crippen molar-refractivity contribution < 1.29 is 14.6 Å². The highest BCUT2D eigenvalue weighted by atomic mass is 16.5. The molecule has 2 heterocycles. The molecule has 0 spiro atoms.